The van der Waals surface area contributed by atoms with Crippen molar-refractivity contribution in [3.63, 3.8) is 0 Å². The molecule has 2 aliphatic rings. The van der Waals surface area contributed by atoms with Crippen molar-refractivity contribution < 1.29 is 18.3 Å². The Kier molecular flexibility index (Phi) is 2.92. The molecular formula is C10H8F2O2. The molecule has 0 spiro atoms. The van der Waals surface area contributed by atoms with E-state index in [-0.39, 0.29) is 5.75 Å². The van der Waals surface area contributed by atoms with Gasteiger partial charge in [-0.25, -0.2) is 0 Å². The fourth-order valence-electron chi connectivity index (χ4n) is 1.14. The average molecular weight is 198 g/mol. The topological polar surface area (TPSA) is 18.5 Å². The minimum Gasteiger partial charge on any atom is -0.493 e. The molecule has 0 aliphatic heterocycles. The summed E-state index contributed by atoms with van der Waals surface area (Å²) >= 11 is 0. The molecule has 2 rings (SSSR count). The number of ether oxygens (including phenoxy) is 2. The van der Waals surface area contributed by atoms with E-state index in [1.807, 2.05) is 0 Å². The molecule has 0 amide bonds. The van der Waals surface area contributed by atoms with Crippen molar-refractivity contribution in [2.45, 2.75) is 6.61 Å². The van der Waals surface area contributed by atoms with Gasteiger partial charge in [-0.05, 0) is 17.7 Å². The van der Waals surface area contributed by atoms with Crippen molar-refractivity contribution >= 4 is 0 Å². The molecule has 0 aromatic rings. The van der Waals surface area contributed by atoms with Gasteiger partial charge in [0, 0.05) is 5.56 Å². The standard InChI is InChI=1S/C8H6F2O2.C2H2/c1-11-6-3-4-2-5(4)7(6)12-8(9)10;1-2/h2-3,8H,1H3;1-2H. The lowest BCUT2D eigenvalue weighted by Gasteiger charge is -2.04. The Morgan fingerprint density at radius 2 is 1.93 bits per heavy atom. The number of rotatable bonds is 3. The number of hydrogen-bond acceptors (Lipinski definition) is 2. The van der Waals surface area contributed by atoms with Crippen molar-refractivity contribution in [2.24, 2.45) is 0 Å². The summed E-state index contributed by atoms with van der Waals surface area (Å²) in [5.41, 5.74) is 1.65. The third kappa shape index (κ3) is 1.77. The molecule has 0 bridgehead atoms. The predicted molar refractivity (Wildman–Crippen MR) is 48.5 cm³/mol. The maximum atomic E-state index is 11.8. The van der Waals surface area contributed by atoms with Gasteiger partial charge in [-0.15, -0.1) is 12.8 Å². The van der Waals surface area contributed by atoms with Gasteiger partial charge in [0.05, 0.1) is 7.11 Å². The van der Waals surface area contributed by atoms with Crippen molar-refractivity contribution in [1.29, 1.82) is 0 Å². The summed E-state index contributed by atoms with van der Waals surface area (Å²) in [6.45, 7) is -2.79. The zero-order valence-corrected chi connectivity index (χ0v) is 7.46. The van der Waals surface area contributed by atoms with Gasteiger partial charge in [-0.2, -0.15) is 8.78 Å². The summed E-state index contributed by atoms with van der Waals surface area (Å²) in [4.78, 5) is 0. The van der Waals surface area contributed by atoms with Crippen LogP contribution in [0, 0.1) is 12.8 Å². The summed E-state index contributed by atoms with van der Waals surface area (Å²) in [7, 11) is 1.42. The van der Waals surface area contributed by atoms with Crippen LogP contribution in [-0.4, -0.2) is 13.7 Å². The molecule has 14 heavy (non-hydrogen) atoms. The van der Waals surface area contributed by atoms with E-state index in [1.54, 1.807) is 12.1 Å². The molecule has 0 aromatic heterocycles. The SMILES string of the molecule is C#C.COc1cc2cc-2c1OC(F)F. The number of methoxy groups -OCH3 is 1. The zero-order valence-electron chi connectivity index (χ0n) is 7.46. The maximum absolute atomic E-state index is 11.8. The van der Waals surface area contributed by atoms with Gasteiger partial charge in [0.1, 0.15) is 0 Å². The molecule has 0 N–H and O–H groups in total. The zero-order chi connectivity index (χ0) is 10.7. The van der Waals surface area contributed by atoms with Crippen LogP contribution < -0.4 is 9.47 Å². The van der Waals surface area contributed by atoms with Gasteiger partial charge < -0.3 is 9.47 Å². The molecule has 74 valence electrons. The minimum absolute atomic E-state index is 0.155. The molecule has 0 unspecified atom stereocenters. The molecule has 0 heterocycles. The average Bonchev–Trinajstić information content (AvgIpc) is 2.87. The van der Waals surface area contributed by atoms with Crippen LogP contribution in [0.1, 0.15) is 0 Å². The van der Waals surface area contributed by atoms with E-state index in [1.165, 1.54) is 7.11 Å². The first-order chi connectivity index (χ1) is 6.72. The molecule has 0 fully saturated rings. The molecule has 0 atom stereocenters. The number of hydrogen-bond donors (Lipinski definition) is 0. The Balaban J connectivity index is 0.000000461. The van der Waals surface area contributed by atoms with Crippen LogP contribution in [0.15, 0.2) is 12.1 Å². The van der Waals surface area contributed by atoms with E-state index >= 15 is 0 Å². The quantitative estimate of drug-likeness (QED) is 0.705. The lowest BCUT2D eigenvalue weighted by Crippen LogP contribution is -2.02. The fourth-order valence-corrected chi connectivity index (χ4v) is 1.14. The summed E-state index contributed by atoms with van der Waals surface area (Å²) < 4.78 is 32.8. The van der Waals surface area contributed by atoms with Crippen LogP contribution in [0.3, 0.4) is 0 Å². The largest absolute Gasteiger partial charge is 0.493 e. The lowest BCUT2D eigenvalue weighted by molar-refractivity contribution is -0.0504. The Morgan fingerprint density at radius 1 is 1.29 bits per heavy atom. The molecule has 0 saturated heterocycles. The Hall–Kier alpha value is -1.76. The van der Waals surface area contributed by atoms with E-state index in [0.717, 1.165) is 11.1 Å². The van der Waals surface area contributed by atoms with Crippen LogP contribution in [0.2, 0.25) is 0 Å². The van der Waals surface area contributed by atoms with Crippen molar-refractivity contribution in [2.75, 3.05) is 7.11 Å². The van der Waals surface area contributed by atoms with Crippen molar-refractivity contribution in [1.82, 2.24) is 0 Å². The van der Waals surface area contributed by atoms with Crippen LogP contribution in [0.5, 0.6) is 11.5 Å². The van der Waals surface area contributed by atoms with Crippen LogP contribution in [0.4, 0.5) is 8.78 Å². The first kappa shape index (κ1) is 10.3. The van der Waals surface area contributed by atoms with Crippen LogP contribution in [0.25, 0.3) is 11.1 Å². The Morgan fingerprint density at radius 3 is 2.43 bits per heavy atom. The highest BCUT2D eigenvalue weighted by Crippen LogP contribution is 2.51. The van der Waals surface area contributed by atoms with Gasteiger partial charge in [-0.1, -0.05) is 0 Å². The van der Waals surface area contributed by atoms with E-state index in [2.05, 4.69) is 17.6 Å². The number of benzene rings is 1. The normalized spacial score (nSPS) is 10.1. The number of fused-ring (bicyclic) bond motifs is 1. The second-order valence-electron chi connectivity index (χ2n) is 2.43. The summed E-state index contributed by atoms with van der Waals surface area (Å²) in [5.74, 6) is 0.533. The van der Waals surface area contributed by atoms with Gasteiger partial charge in [0.2, 0.25) is 0 Å². The molecule has 2 nitrogen and oxygen atoms in total. The molecule has 0 radical (unpaired) electrons. The van der Waals surface area contributed by atoms with Gasteiger partial charge in [0.15, 0.2) is 11.5 Å². The number of alkyl halides is 2. The monoisotopic (exact) mass is 198 g/mol. The first-order valence-electron chi connectivity index (χ1n) is 3.73. The van der Waals surface area contributed by atoms with Gasteiger partial charge >= 0.3 is 6.61 Å². The van der Waals surface area contributed by atoms with E-state index < -0.39 is 6.61 Å². The predicted octanol–water partition coefficient (Wildman–Crippen LogP) is 2.53. The maximum Gasteiger partial charge on any atom is 0.387 e. The summed E-state index contributed by atoms with van der Waals surface area (Å²) in [6.07, 6.45) is 8.00. The smallest absolute Gasteiger partial charge is 0.387 e. The van der Waals surface area contributed by atoms with Crippen molar-refractivity contribution in [3.05, 3.63) is 12.1 Å². The first-order valence-corrected chi connectivity index (χ1v) is 3.73. The van der Waals surface area contributed by atoms with Gasteiger partial charge in [-0.3, -0.25) is 0 Å². The van der Waals surface area contributed by atoms with E-state index in [4.69, 9.17) is 4.74 Å². The summed E-state index contributed by atoms with van der Waals surface area (Å²) in [5, 5.41) is 0. The third-order valence-corrected chi connectivity index (χ3v) is 1.71. The lowest BCUT2D eigenvalue weighted by atomic mass is 10.5. The second kappa shape index (κ2) is 3.97. The van der Waals surface area contributed by atoms with E-state index in [0.29, 0.717) is 5.75 Å². The molecular weight excluding hydrogens is 190 g/mol. The number of halogens is 2. The highest BCUT2D eigenvalue weighted by atomic mass is 19.3. The summed E-state index contributed by atoms with van der Waals surface area (Å²) in [6, 6.07) is 3.44. The molecule has 2 aliphatic carbocycles. The second-order valence-corrected chi connectivity index (χ2v) is 2.43. The fraction of sp³-hybridized carbons (Fsp3) is 0.200. The highest BCUT2D eigenvalue weighted by Gasteiger charge is 2.26. The highest BCUT2D eigenvalue weighted by molar-refractivity contribution is 5.91. The Bertz CT molecular complexity index is 359. The Labute approximate surface area is 80.4 Å². The van der Waals surface area contributed by atoms with Crippen molar-refractivity contribution in [3.8, 4) is 35.5 Å². The molecule has 0 saturated carbocycles. The molecule has 0 aromatic carbocycles. The minimum atomic E-state index is -2.79. The van der Waals surface area contributed by atoms with E-state index in [9.17, 15) is 8.78 Å². The van der Waals surface area contributed by atoms with Crippen LogP contribution >= 0.6 is 0 Å². The third-order valence-electron chi connectivity index (χ3n) is 1.71. The van der Waals surface area contributed by atoms with Crippen LogP contribution in [-0.2, 0) is 0 Å². The van der Waals surface area contributed by atoms with Gasteiger partial charge in [0.25, 0.3) is 0 Å². The molecule has 4 heteroatoms. The number of terminal acetylenes is 1.